The second kappa shape index (κ2) is 9.19. The Morgan fingerprint density at radius 3 is 2.14 bits per heavy atom. The van der Waals surface area contributed by atoms with E-state index in [9.17, 15) is 0 Å². The van der Waals surface area contributed by atoms with E-state index >= 15 is 0 Å². The van der Waals surface area contributed by atoms with Gasteiger partial charge in [0.2, 0.25) is 0 Å². The molecule has 0 heterocycles. The molecule has 3 atom stereocenters. The van der Waals surface area contributed by atoms with Gasteiger partial charge in [0.05, 0.1) is 0 Å². The molecule has 0 bridgehead atoms. The number of likely N-dealkylation sites (N-methyl/N-ethyl adjacent to an activating group) is 2. The van der Waals surface area contributed by atoms with Crippen LogP contribution in [0.5, 0.6) is 0 Å². The summed E-state index contributed by atoms with van der Waals surface area (Å²) >= 11 is 0. The van der Waals surface area contributed by atoms with Crippen LogP contribution in [0.2, 0.25) is 0 Å². The van der Waals surface area contributed by atoms with Gasteiger partial charge in [0.25, 0.3) is 0 Å². The molecule has 0 fully saturated rings. The fraction of sp³-hybridized carbons (Fsp3) is 0.667. The molecule has 0 saturated carbocycles. The number of hydrogen-bond donors (Lipinski definition) is 1. The number of benzene rings is 1. The van der Waals surface area contributed by atoms with Gasteiger partial charge >= 0.3 is 0 Å². The molecule has 0 aliphatic carbocycles. The minimum atomic E-state index is 0.409. The highest BCUT2D eigenvalue weighted by Gasteiger charge is 2.22. The van der Waals surface area contributed by atoms with Gasteiger partial charge in [-0.25, -0.2) is 0 Å². The Kier molecular flexibility index (Phi) is 7.94. The Hall–Kier alpha value is -0.900. The molecule has 1 N–H and O–H groups in total. The average molecular weight is 291 g/mol. The van der Waals surface area contributed by atoms with Crippen LogP contribution in [0.15, 0.2) is 30.3 Å². The van der Waals surface area contributed by atoms with E-state index in [1.165, 1.54) is 5.56 Å². The van der Waals surface area contributed by atoms with Crippen LogP contribution < -0.4 is 5.32 Å². The second-order valence-electron chi connectivity index (χ2n) is 6.35. The van der Waals surface area contributed by atoms with Crippen molar-refractivity contribution in [2.75, 3.05) is 40.8 Å². The Bertz CT molecular complexity index is 377. The zero-order chi connectivity index (χ0) is 15.8. The van der Waals surface area contributed by atoms with Crippen molar-refractivity contribution >= 4 is 0 Å². The van der Waals surface area contributed by atoms with Crippen molar-refractivity contribution in [3.8, 4) is 0 Å². The maximum absolute atomic E-state index is 3.49. The van der Waals surface area contributed by atoms with E-state index in [2.05, 4.69) is 87.4 Å². The molecule has 3 unspecified atom stereocenters. The molecule has 1 aromatic rings. The van der Waals surface area contributed by atoms with Crippen molar-refractivity contribution in [1.29, 1.82) is 0 Å². The lowest BCUT2D eigenvalue weighted by molar-refractivity contribution is 0.149. The van der Waals surface area contributed by atoms with Crippen molar-refractivity contribution < 1.29 is 0 Å². The third kappa shape index (κ3) is 5.77. The molecule has 0 aliphatic rings. The predicted molar refractivity (Wildman–Crippen MR) is 92.7 cm³/mol. The fourth-order valence-corrected chi connectivity index (χ4v) is 3.18. The lowest BCUT2D eigenvalue weighted by atomic mass is 9.93. The van der Waals surface area contributed by atoms with Gasteiger partial charge in [0.15, 0.2) is 0 Å². The van der Waals surface area contributed by atoms with Crippen molar-refractivity contribution in [1.82, 2.24) is 15.1 Å². The van der Waals surface area contributed by atoms with Crippen molar-refractivity contribution in [3.05, 3.63) is 35.9 Å². The summed E-state index contributed by atoms with van der Waals surface area (Å²) in [7, 11) is 6.36. The van der Waals surface area contributed by atoms with E-state index in [1.807, 2.05) is 0 Å². The highest BCUT2D eigenvalue weighted by molar-refractivity contribution is 5.19. The summed E-state index contributed by atoms with van der Waals surface area (Å²) in [6.07, 6.45) is 0. The quantitative estimate of drug-likeness (QED) is 0.755. The largest absolute Gasteiger partial charge is 0.313 e. The van der Waals surface area contributed by atoms with Crippen molar-refractivity contribution in [2.45, 2.75) is 32.9 Å². The van der Waals surface area contributed by atoms with E-state index in [-0.39, 0.29) is 0 Å². The molecule has 3 nitrogen and oxygen atoms in total. The summed E-state index contributed by atoms with van der Waals surface area (Å²) in [6, 6.07) is 11.8. The first kappa shape index (κ1) is 18.1. The zero-order valence-corrected chi connectivity index (χ0v) is 14.6. The first-order valence-electron chi connectivity index (χ1n) is 8.10. The minimum absolute atomic E-state index is 0.409. The molecule has 0 radical (unpaired) electrons. The van der Waals surface area contributed by atoms with Gasteiger partial charge in [-0.2, -0.15) is 0 Å². The summed E-state index contributed by atoms with van der Waals surface area (Å²) < 4.78 is 0. The number of nitrogens with one attached hydrogen (secondary N) is 1. The topological polar surface area (TPSA) is 18.5 Å². The predicted octanol–water partition coefficient (Wildman–Crippen LogP) is 2.86. The van der Waals surface area contributed by atoms with E-state index < -0.39 is 0 Å². The Morgan fingerprint density at radius 2 is 1.67 bits per heavy atom. The van der Waals surface area contributed by atoms with Gasteiger partial charge < -0.3 is 10.2 Å². The van der Waals surface area contributed by atoms with Crippen LogP contribution in [0.25, 0.3) is 0 Å². The molecule has 0 aliphatic heterocycles. The maximum Gasteiger partial charge on any atom is 0.0355 e. The molecule has 0 aromatic heterocycles. The SMILES string of the molecule is CCN(CC(C)C(NC)c1ccccc1)C(C)CN(C)C. The first-order chi connectivity index (χ1) is 9.99. The van der Waals surface area contributed by atoms with E-state index in [0.29, 0.717) is 18.0 Å². The average Bonchev–Trinajstić information content (AvgIpc) is 2.45. The van der Waals surface area contributed by atoms with Gasteiger partial charge in [-0.05, 0) is 46.1 Å². The molecule has 1 rings (SSSR count). The van der Waals surface area contributed by atoms with Gasteiger partial charge in [0.1, 0.15) is 0 Å². The molecule has 120 valence electrons. The smallest absolute Gasteiger partial charge is 0.0355 e. The van der Waals surface area contributed by atoms with Crippen LogP contribution >= 0.6 is 0 Å². The molecular formula is C18H33N3. The van der Waals surface area contributed by atoms with Crippen LogP contribution in [-0.4, -0.2) is 56.6 Å². The van der Waals surface area contributed by atoms with Gasteiger partial charge in [-0.15, -0.1) is 0 Å². The van der Waals surface area contributed by atoms with Crippen LogP contribution in [0.4, 0.5) is 0 Å². The van der Waals surface area contributed by atoms with Gasteiger partial charge in [0, 0.05) is 25.2 Å². The van der Waals surface area contributed by atoms with Gasteiger partial charge in [-0.3, -0.25) is 4.90 Å². The third-order valence-corrected chi connectivity index (χ3v) is 4.22. The van der Waals surface area contributed by atoms with Crippen LogP contribution in [0.1, 0.15) is 32.4 Å². The lowest BCUT2D eigenvalue weighted by Crippen LogP contribution is -2.43. The van der Waals surface area contributed by atoms with Crippen molar-refractivity contribution in [2.24, 2.45) is 5.92 Å². The number of rotatable bonds is 9. The first-order valence-corrected chi connectivity index (χ1v) is 8.10. The van der Waals surface area contributed by atoms with Crippen LogP contribution in [0.3, 0.4) is 0 Å². The number of nitrogens with zero attached hydrogens (tertiary/aromatic N) is 2. The maximum atomic E-state index is 3.49. The lowest BCUT2D eigenvalue weighted by Gasteiger charge is -2.34. The third-order valence-electron chi connectivity index (χ3n) is 4.22. The summed E-state index contributed by atoms with van der Waals surface area (Å²) in [4.78, 5) is 4.85. The highest BCUT2D eigenvalue weighted by atomic mass is 15.2. The summed E-state index contributed by atoms with van der Waals surface area (Å²) in [5.74, 6) is 0.571. The zero-order valence-electron chi connectivity index (χ0n) is 14.6. The normalized spacial score (nSPS) is 16.2. The summed E-state index contributed by atoms with van der Waals surface area (Å²) in [5.41, 5.74) is 1.38. The Balaban J connectivity index is 2.69. The van der Waals surface area contributed by atoms with Crippen LogP contribution in [-0.2, 0) is 0 Å². The molecule has 0 amide bonds. The van der Waals surface area contributed by atoms with Gasteiger partial charge in [-0.1, -0.05) is 44.2 Å². The van der Waals surface area contributed by atoms with Crippen LogP contribution in [0, 0.1) is 5.92 Å². The second-order valence-corrected chi connectivity index (χ2v) is 6.35. The van der Waals surface area contributed by atoms with Crippen molar-refractivity contribution in [3.63, 3.8) is 0 Å². The summed E-state index contributed by atoms with van der Waals surface area (Å²) in [6.45, 7) is 10.3. The molecule has 21 heavy (non-hydrogen) atoms. The minimum Gasteiger partial charge on any atom is -0.313 e. The molecule has 0 spiro atoms. The summed E-state index contributed by atoms with van der Waals surface area (Å²) in [5, 5.41) is 3.49. The molecular weight excluding hydrogens is 258 g/mol. The molecule has 1 aromatic carbocycles. The molecule has 0 saturated heterocycles. The monoisotopic (exact) mass is 291 g/mol. The number of hydrogen-bond acceptors (Lipinski definition) is 3. The fourth-order valence-electron chi connectivity index (χ4n) is 3.18. The van der Waals surface area contributed by atoms with E-state index in [0.717, 1.165) is 19.6 Å². The van der Waals surface area contributed by atoms with E-state index in [1.54, 1.807) is 0 Å². The highest BCUT2D eigenvalue weighted by Crippen LogP contribution is 2.22. The van der Waals surface area contributed by atoms with E-state index in [4.69, 9.17) is 0 Å². The standard InChI is InChI=1S/C18H33N3/c1-7-21(16(3)14-20(5)6)13-15(2)18(19-4)17-11-9-8-10-12-17/h8-12,15-16,18-19H,7,13-14H2,1-6H3. The Morgan fingerprint density at radius 1 is 1.05 bits per heavy atom. The molecule has 3 heteroatoms. The Labute approximate surface area is 131 Å².